The maximum atomic E-state index is 14.1. The molecule has 1 aliphatic rings. The molecule has 3 aromatic heterocycles. The quantitative estimate of drug-likeness (QED) is 0.484. The third kappa shape index (κ3) is 3.46. The fourth-order valence-electron chi connectivity index (χ4n) is 4.18. The molecule has 1 aliphatic carbocycles. The molecule has 5 nitrogen and oxygen atoms in total. The summed E-state index contributed by atoms with van der Waals surface area (Å²) in [6.45, 7) is 4.64. The number of pyridine rings is 1. The fourth-order valence-corrected chi connectivity index (χ4v) is 4.18. The molecule has 1 aromatic carbocycles. The first kappa shape index (κ1) is 19.4. The van der Waals surface area contributed by atoms with Crippen LogP contribution >= 0.6 is 0 Å². The highest BCUT2D eigenvalue weighted by atomic mass is 19.1. The van der Waals surface area contributed by atoms with Crippen LogP contribution in [0.15, 0.2) is 54.5 Å². The Kier molecular flexibility index (Phi) is 4.73. The van der Waals surface area contributed by atoms with Crippen molar-refractivity contribution in [3.8, 4) is 11.3 Å². The van der Waals surface area contributed by atoms with E-state index in [2.05, 4.69) is 27.3 Å². The van der Waals surface area contributed by atoms with Gasteiger partial charge in [0.25, 0.3) is 0 Å². The van der Waals surface area contributed by atoms with Gasteiger partial charge in [-0.05, 0) is 55.5 Å². The van der Waals surface area contributed by atoms with Crippen molar-refractivity contribution < 1.29 is 8.78 Å². The second-order valence-corrected chi connectivity index (χ2v) is 7.86. The Labute approximate surface area is 178 Å². The maximum Gasteiger partial charge on any atom is 0.160 e. The second kappa shape index (κ2) is 7.58. The minimum absolute atomic E-state index is 0.143. The molecule has 1 N–H and O–H groups in total. The molecule has 0 amide bonds. The molecule has 0 fully saturated rings. The highest BCUT2D eigenvalue weighted by Gasteiger charge is 2.21. The number of rotatable bonds is 5. The zero-order valence-electron chi connectivity index (χ0n) is 17.3. The number of hydrogen-bond acceptors (Lipinski definition) is 4. The summed E-state index contributed by atoms with van der Waals surface area (Å²) in [4.78, 5) is 8.58. The number of benzene rings is 1. The van der Waals surface area contributed by atoms with E-state index >= 15 is 0 Å². The van der Waals surface area contributed by atoms with Crippen LogP contribution in [0.2, 0.25) is 0 Å². The van der Waals surface area contributed by atoms with E-state index in [1.54, 1.807) is 23.0 Å². The van der Waals surface area contributed by atoms with E-state index < -0.39 is 5.82 Å². The van der Waals surface area contributed by atoms with Gasteiger partial charge in [0.15, 0.2) is 5.65 Å². The molecule has 0 saturated carbocycles. The minimum atomic E-state index is -0.409. The van der Waals surface area contributed by atoms with E-state index in [0.29, 0.717) is 29.9 Å². The first-order chi connectivity index (χ1) is 15.0. The summed E-state index contributed by atoms with van der Waals surface area (Å²) in [5.41, 5.74) is 7.01. The lowest BCUT2D eigenvalue weighted by Crippen LogP contribution is -2.09. The normalized spacial score (nSPS) is 13.2. The molecule has 0 unspecified atom stereocenters. The standard InChI is InChI=1S/C24H21F2N5/c1-14-8-20-19(4-3-5-21(20)26)18(14)6-7-28-23-10-22(16-9-17(25)13-27-12-16)30-24-15(2)11-29-31(23)24/h3-5,9-13,28H,6-8H2,1-2H3. The molecule has 0 saturated heterocycles. The van der Waals surface area contributed by atoms with Crippen LogP contribution in [0.25, 0.3) is 22.5 Å². The van der Waals surface area contributed by atoms with Gasteiger partial charge in [0.1, 0.15) is 17.5 Å². The zero-order valence-corrected chi connectivity index (χ0v) is 17.3. The largest absolute Gasteiger partial charge is 0.370 e. The molecule has 156 valence electrons. The Morgan fingerprint density at radius 1 is 1.10 bits per heavy atom. The Balaban J connectivity index is 1.44. The average molecular weight is 417 g/mol. The van der Waals surface area contributed by atoms with E-state index in [1.165, 1.54) is 29.5 Å². The van der Waals surface area contributed by atoms with Gasteiger partial charge in [0, 0.05) is 29.9 Å². The van der Waals surface area contributed by atoms with Gasteiger partial charge in [-0.2, -0.15) is 9.61 Å². The molecule has 0 aliphatic heterocycles. The summed E-state index contributed by atoms with van der Waals surface area (Å²) in [5.74, 6) is 0.206. The van der Waals surface area contributed by atoms with E-state index in [4.69, 9.17) is 0 Å². The van der Waals surface area contributed by atoms with E-state index in [1.807, 2.05) is 19.1 Å². The summed E-state index contributed by atoms with van der Waals surface area (Å²) < 4.78 is 29.6. The van der Waals surface area contributed by atoms with E-state index in [-0.39, 0.29) is 5.82 Å². The monoisotopic (exact) mass is 417 g/mol. The van der Waals surface area contributed by atoms with Crippen molar-refractivity contribution in [2.24, 2.45) is 0 Å². The van der Waals surface area contributed by atoms with Gasteiger partial charge in [0.2, 0.25) is 0 Å². The van der Waals surface area contributed by atoms with Crippen LogP contribution in [0, 0.1) is 18.6 Å². The third-order valence-corrected chi connectivity index (χ3v) is 5.73. The van der Waals surface area contributed by atoms with Crippen LogP contribution in [0.5, 0.6) is 0 Å². The molecular weight excluding hydrogens is 396 g/mol. The lowest BCUT2D eigenvalue weighted by molar-refractivity contribution is 0.614. The molecule has 7 heteroatoms. The summed E-state index contributed by atoms with van der Waals surface area (Å²) in [5, 5.41) is 7.86. The molecule has 4 aromatic rings. The van der Waals surface area contributed by atoms with Crippen LogP contribution in [0.3, 0.4) is 0 Å². The number of allylic oxidation sites excluding steroid dienone is 1. The van der Waals surface area contributed by atoms with Crippen molar-refractivity contribution in [2.45, 2.75) is 26.7 Å². The lowest BCUT2D eigenvalue weighted by Gasteiger charge is -2.12. The molecule has 0 atom stereocenters. The molecule has 3 heterocycles. The van der Waals surface area contributed by atoms with Gasteiger partial charge in [-0.15, -0.1) is 0 Å². The number of fused-ring (bicyclic) bond motifs is 2. The number of anilines is 1. The Hall–Kier alpha value is -3.61. The number of halogens is 2. The average Bonchev–Trinajstić information content (AvgIpc) is 3.29. The Morgan fingerprint density at radius 2 is 1.97 bits per heavy atom. The van der Waals surface area contributed by atoms with Gasteiger partial charge >= 0.3 is 0 Å². The topological polar surface area (TPSA) is 55.1 Å². The zero-order chi connectivity index (χ0) is 21.5. The van der Waals surface area contributed by atoms with Crippen molar-refractivity contribution in [3.63, 3.8) is 0 Å². The summed E-state index contributed by atoms with van der Waals surface area (Å²) >= 11 is 0. The molecule has 31 heavy (non-hydrogen) atoms. The van der Waals surface area contributed by atoms with Crippen LogP contribution in [-0.2, 0) is 6.42 Å². The molecule has 0 spiro atoms. The highest BCUT2D eigenvalue weighted by Crippen LogP contribution is 2.36. The lowest BCUT2D eigenvalue weighted by atomic mass is 10.0. The van der Waals surface area contributed by atoms with Gasteiger partial charge in [-0.25, -0.2) is 13.8 Å². The fraction of sp³-hybridized carbons (Fsp3) is 0.208. The first-order valence-corrected chi connectivity index (χ1v) is 10.2. The van der Waals surface area contributed by atoms with Crippen molar-refractivity contribution in [1.29, 1.82) is 0 Å². The van der Waals surface area contributed by atoms with Crippen molar-refractivity contribution in [3.05, 3.63) is 82.8 Å². The molecular formula is C24H21F2N5. The minimum Gasteiger partial charge on any atom is -0.370 e. The maximum absolute atomic E-state index is 14.1. The molecule has 0 radical (unpaired) electrons. The smallest absolute Gasteiger partial charge is 0.160 e. The number of hydrogen-bond donors (Lipinski definition) is 1. The predicted octanol–water partition coefficient (Wildman–Crippen LogP) is 5.21. The summed E-state index contributed by atoms with van der Waals surface area (Å²) in [7, 11) is 0. The third-order valence-electron chi connectivity index (χ3n) is 5.73. The van der Waals surface area contributed by atoms with E-state index in [9.17, 15) is 8.78 Å². The summed E-state index contributed by atoms with van der Waals surface area (Å²) in [6, 6.07) is 8.53. The van der Waals surface area contributed by atoms with Gasteiger partial charge in [-0.3, -0.25) is 4.98 Å². The Morgan fingerprint density at radius 3 is 2.81 bits per heavy atom. The van der Waals surface area contributed by atoms with Crippen LogP contribution in [0.1, 0.15) is 30.0 Å². The van der Waals surface area contributed by atoms with Crippen molar-refractivity contribution >= 4 is 17.0 Å². The number of aromatic nitrogens is 4. The highest BCUT2D eigenvalue weighted by molar-refractivity contribution is 5.76. The SMILES string of the molecule is CC1=C(CCNc2cc(-c3cncc(F)c3)nc3c(C)cnn23)c2cccc(F)c2C1. The van der Waals surface area contributed by atoms with Crippen molar-refractivity contribution in [2.75, 3.05) is 11.9 Å². The van der Waals surface area contributed by atoms with Gasteiger partial charge < -0.3 is 5.32 Å². The van der Waals surface area contributed by atoms with Crippen LogP contribution in [0.4, 0.5) is 14.6 Å². The molecule has 0 bridgehead atoms. The second-order valence-electron chi connectivity index (χ2n) is 7.86. The molecule has 5 rings (SSSR count). The number of nitrogens with one attached hydrogen (secondary N) is 1. The predicted molar refractivity (Wildman–Crippen MR) is 117 cm³/mol. The van der Waals surface area contributed by atoms with Crippen LogP contribution < -0.4 is 5.32 Å². The first-order valence-electron chi connectivity index (χ1n) is 10.2. The Bertz CT molecular complexity index is 1340. The van der Waals surface area contributed by atoms with E-state index in [0.717, 1.165) is 28.9 Å². The van der Waals surface area contributed by atoms with Gasteiger partial charge in [0.05, 0.1) is 18.1 Å². The summed E-state index contributed by atoms with van der Waals surface area (Å²) in [6.07, 6.45) is 5.93. The van der Waals surface area contributed by atoms with Gasteiger partial charge in [-0.1, -0.05) is 17.7 Å². The van der Waals surface area contributed by atoms with Crippen molar-refractivity contribution in [1.82, 2.24) is 19.6 Å². The number of aryl methyl sites for hydroxylation is 1. The van der Waals surface area contributed by atoms with Crippen LogP contribution in [-0.4, -0.2) is 26.1 Å². The number of nitrogens with zero attached hydrogens (tertiary/aromatic N) is 4.